The Kier molecular flexibility index (Phi) is 5.68. The predicted molar refractivity (Wildman–Crippen MR) is 108 cm³/mol. The highest BCUT2D eigenvalue weighted by Gasteiger charge is 2.11. The Morgan fingerprint density at radius 3 is 2.62 bits per heavy atom. The van der Waals surface area contributed by atoms with E-state index in [2.05, 4.69) is 39.4 Å². The van der Waals surface area contributed by atoms with Gasteiger partial charge in [0.2, 0.25) is 5.95 Å². The lowest BCUT2D eigenvalue weighted by atomic mass is 10.2. The minimum absolute atomic E-state index is 0.267. The van der Waals surface area contributed by atoms with Crippen molar-refractivity contribution in [3.05, 3.63) is 59.2 Å². The first-order chi connectivity index (χ1) is 12.6. The monoisotopic (exact) mass is 367 g/mol. The molecule has 2 N–H and O–H groups in total. The van der Waals surface area contributed by atoms with Crippen LogP contribution in [0.3, 0.4) is 0 Å². The molecule has 0 aliphatic carbocycles. The van der Waals surface area contributed by atoms with E-state index in [1.54, 1.807) is 6.20 Å². The van der Waals surface area contributed by atoms with E-state index < -0.39 is 0 Å². The molecule has 3 aromatic rings. The minimum atomic E-state index is 0.267. The van der Waals surface area contributed by atoms with Gasteiger partial charge in [-0.3, -0.25) is 4.98 Å². The SMILES string of the molecule is CC[C@H](C)Nc1nc(Nc2c(C)cccc2Cl)cc(-c2ccccn2)n1. The van der Waals surface area contributed by atoms with Crippen molar-refractivity contribution in [2.75, 3.05) is 10.6 Å². The van der Waals surface area contributed by atoms with Gasteiger partial charge in [-0.1, -0.05) is 36.7 Å². The fourth-order valence-corrected chi connectivity index (χ4v) is 2.73. The van der Waals surface area contributed by atoms with Gasteiger partial charge < -0.3 is 10.6 Å². The Bertz CT molecular complexity index is 862. The largest absolute Gasteiger partial charge is 0.352 e. The number of aryl methyl sites for hydroxylation is 1. The lowest BCUT2D eigenvalue weighted by molar-refractivity contribution is 0.753. The number of benzene rings is 1. The molecule has 1 atom stereocenters. The number of halogens is 1. The summed E-state index contributed by atoms with van der Waals surface area (Å²) in [5.74, 6) is 1.23. The Morgan fingerprint density at radius 2 is 1.92 bits per heavy atom. The van der Waals surface area contributed by atoms with Crippen molar-refractivity contribution in [3.8, 4) is 11.4 Å². The zero-order chi connectivity index (χ0) is 18.5. The summed E-state index contributed by atoms with van der Waals surface area (Å²) in [7, 11) is 0. The molecule has 0 fully saturated rings. The van der Waals surface area contributed by atoms with Crippen molar-refractivity contribution in [1.29, 1.82) is 0 Å². The van der Waals surface area contributed by atoms with E-state index in [9.17, 15) is 0 Å². The number of anilines is 3. The first kappa shape index (κ1) is 18.1. The molecule has 0 saturated carbocycles. The number of para-hydroxylation sites is 1. The minimum Gasteiger partial charge on any atom is -0.352 e. The highest BCUT2D eigenvalue weighted by molar-refractivity contribution is 6.33. The summed E-state index contributed by atoms with van der Waals surface area (Å²) in [4.78, 5) is 13.6. The molecule has 1 aromatic carbocycles. The van der Waals surface area contributed by atoms with Gasteiger partial charge in [-0.15, -0.1) is 0 Å². The third-order valence-electron chi connectivity index (χ3n) is 4.12. The molecule has 26 heavy (non-hydrogen) atoms. The predicted octanol–water partition coefficient (Wildman–Crippen LogP) is 5.45. The number of nitrogens with zero attached hydrogens (tertiary/aromatic N) is 3. The highest BCUT2D eigenvalue weighted by Crippen LogP contribution is 2.29. The second-order valence-corrected chi connectivity index (χ2v) is 6.59. The van der Waals surface area contributed by atoms with Crippen molar-refractivity contribution in [3.63, 3.8) is 0 Å². The van der Waals surface area contributed by atoms with Gasteiger partial charge in [0.05, 0.1) is 22.1 Å². The van der Waals surface area contributed by atoms with Gasteiger partial charge in [0.25, 0.3) is 0 Å². The maximum Gasteiger partial charge on any atom is 0.225 e. The number of nitrogens with one attached hydrogen (secondary N) is 2. The fraction of sp³-hybridized carbons (Fsp3) is 0.250. The molecule has 3 rings (SSSR count). The molecule has 0 bridgehead atoms. The molecule has 2 heterocycles. The van der Waals surface area contributed by atoms with E-state index in [1.807, 2.05) is 49.4 Å². The summed E-state index contributed by atoms with van der Waals surface area (Å²) >= 11 is 6.35. The van der Waals surface area contributed by atoms with Gasteiger partial charge in [-0.05, 0) is 44.0 Å². The summed E-state index contributed by atoms with van der Waals surface area (Å²) in [5.41, 5.74) is 3.43. The van der Waals surface area contributed by atoms with Crippen LogP contribution in [0.5, 0.6) is 0 Å². The number of aromatic nitrogens is 3. The molecule has 0 amide bonds. The van der Waals surface area contributed by atoms with Crippen LogP contribution in [0.15, 0.2) is 48.7 Å². The van der Waals surface area contributed by atoms with E-state index in [0.717, 1.165) is 29.1 Å². The topological polar surface area (TPSA) is 62.7 Å². The average Bonchev–Trinajstić information content (AvgIpc) is 2.65. The van der Waals surface area contributed by atoms with Crippen molar-refractivity contribution < 1.29 is 0 Å². The molecule has 134 valence electrons. The molecule has 6 heteroatoms. The summed E-state index contributed by atoms with van der Waals surface area (Å²) in [6.45, 7) is 6.22. The van der Waals surface area contributed by atoms with Crippen LogP contribution < -0.4 is 10.6 Å². The van der Waals surface area contributed by atoms with Gasteiger partial charge in [-0.2, -0.15) is 4.98 Å². The van der Waals surface area contributed by atoms with Gasteiger partial charge in [0.1, 0.15) is 5.82 Å². The van der Waals surface area contributed by atoms with Crippen molar-refractivity contribution in [2.45, 2.75) is 33.2 Å². The van der Waals surface area contributed by atoms with Gasteiger partial charge in [0, 0.05) is 18.3 Å². The second kappa shape index (κ2) is 8.15. The summed E-state index contributed by atoms with van der Waals surface area (Å²) in [5, 5.41) is 7.32. The first-order valence-corrected chi connectivity index (χ1v) is 9.03. The molecule has 0 unspecified atom stereocenters. The van der Waals surface area contributed by atoms with Crippen molar-refractivity contribution in [2.24, 2.45) is 0 Å². The van der Waals surface area contributed by atoms with Crippen molar-refractivity contribution in [1.82, 2.24) is 15.0 Å². The Labute approximate surface area is 158 Å². The zero-order valence-corrected chi connectivity index (χ0v) is 15.9. The maximum absolute atomic E-state index is 6.35. The van der Waals surface area contributed by atoms with E-state index in [1.165, 1.54) is 0 Å². The molecule has 5 nitrogen and oxygen atoms in total. The van der Waals surface area contributed by atoms with Crippen LogP contribution in [0.2, 0.25) is 5.02 Å². The summed E-state index contributed by atoms with van der Waals surface area (Å²) in [6, 6.07) is 13.7. The number of rotatable bonds is 6. The van der Waals surface area contributed by atoms with E-state index >= 15 is 0 Å². The van der Waals surface area contributed by atoms with E-state index in [4.69, 9.17) is 11.6 Å². The van der Waals surface area contributed by atoms with Crippen LogP contribution >= 0.6 is 11.6 Å². The molecular weight excluding hydrogens is 346 g/mol. The Balaban J connectivity index is 2.02. The number of hydrogen-bond donors (Lipinski definition) is 2. The highest BCUT2D eigenvalue weighted by atomic mass is 35.5. The van der Waals surface area contributed by atoms with E-state index in [0.29, 0.717) is 16.8 Å². The molecule has 0 spiro atoms. The average molecular weight is 368 g/mol. The van der Waals surface area contributed by atoms with Crippen LogP contribution in [0.1, 0.15) is 25.8 Å². The normalized spacial score (nSPS) is 11.8. The molecule has 2 aromatic heterocycles. The Hall–Kier alpha value is -2.66. The van der Waals surface area contributed by atoms with Gasteiger partial charge in [0.15, 0.2) is 0 Å². The first-order valence-electron chi connectivity index (χ1n) is 8.66. The third kappa shape index (κ3) is 4.29. The standard InChI is InChI=1S/C20H22ClN5/c1-4-14(3)23-20-24-17(16-10-5-6-11-22-16)12-18(26-20)25-19-13(2)8-7-9-15(19)21/h5-12,14H,4H2,1-3H3,(H2,23,24,25,26)/t14-/m0/s1. The molecule has 0 aliphatic heterocycles. The zero-order valence-electron chi connectivity index (χ0n) is 15.1. The lowest BCUT2D eigenvalue weighted by Gasteiger charge is -2.15. The lowest BCUT2D eigenvalue weighted by Crippen LogP contribution is -2.16. The second-order valence-electron chi connectivity index (χ2n) is 6.19. The van der Waals surface area contributed by atoms with Crippen LogP contribution in [0.4, 0.5) is 17.5 Å². The van der Waals surface area contributed by atoms with Crippen LogP contribution in [0, 0.1) is 6.92 Å². The summed E-state index contributed by atoms with van der Waals surface area (Å²) < 4.78 is 0. The van der Waals surface area contributed by atoms with Crippen molar-refractivity contribution >= 4 is 29.1 Å². The molecule has 0 saturated heterocycles. The van der Waals surface area contributed by atoms with Crippen LogP contribution in [-0.2, 0) is 0 Å². The van der Waals surface area contributed by atoms with Gasteiger partial charge in [-0.25, -0.2) is 4.98 Å². The third-order valence-corrected chi connectivity index (χ3v) is 4.43. The smallest absolute Gasteiger partial charge is 0.225 e. The molecule has 0 radical (unpaired) electrons. The molecule has 0 aliphatic rings. The number of pyridine rings is 1. The Morgan fingerprint density at radius 1 is 1.08 bits per heavy atom. The maximum atomic E-state index is 6.35. The quantitative estimate of drug-likeness (QED) is 0.606. The number of hydrogen-bond acceptors (Lipinski definition) is 5. The summed E-state index contributed by atoms with van der Waals surface area (Å²) in [6.07, 6.45) is 2.73. The van der Waals surface area contributed by atoms with Gasteiger partial charge >= 0.3 is 0 Å². The van der Waals surface area contributed by atoms with E-state index in [-0.39, 0.29) is 6.04 Å². The fourth-order valence-electron chi connectivity index (χ4n) is 2.46. The van der Waals surface area contributed by atoms with Crippen LogP contribution in [0.25, 0.3) is 11.4 Å². The van der Waals surface area contributed by atoms with Crippen LogP contribution in [-0.4, -0.2) is 21.0 Å². The molecular formula is C20H22ClN5.